The topological polar surface area (TPSA) is 75.6 Å². The van der Waals surface area contributed by atoms with E-state index in [1.54, 1.807) is 25.0 Å². The van der Waals surface area contributed by atoms with Crippen LogP contribution in [0.5, 0.6) is 0 Å². The summed E-state index contributed by atoms with van der Waals surface area (Å²) in [5, 5.41) is 11.0. The minimum Gasteiger partial charge on any atom is -0.314 e. The molecule has 0 radical (unpaired) electrons. The van der Waals surface area contributed by atoms with Crippen molar-refractivity contribution >= 4 is 22.7 Å². The number of para-hydroxylation sites is 1. The molecule has 2 rings (SSSR count). The lowest BCUT2D eigenvalue weighted by molar-refractivity contribution is 0.519. The van der Waals surface area contributed by atoms with Gasteiger partial charge in [-0.1, -0.05) is 18.2 Å². The van der Waals surface area contributed by atoms with E-state index in [9.17, 15) is 0 Å². The third-order valence-electron chi connectivity index (χ3n) is 3.09. The molecule has 0 aliphatic carbocycles. The minimum atomic E-state index is -0.702. The predicted octanol–water partition coefficient (Wildman–Crippen LogP) is 3.13. The lowest BCUT2D eigenvalue weighted by Gasteiger charge is -2.14. The zero-order valence-electron chi connectivity index (χ0n) is 11.5. The molecule has 0 saturated carbocycles. The van der Waals surface area contributed by atoms with E-state index in [2.05, 4.69) is 16.0 Å². The summed E-state index contributed by atoms with van der Waals surface area (Å²) in [5.74, 6) is 0.975. The van der Waals surface area contributed by atoms with Crippen LogP contribution in [0.1, 0.15) is 26.2 Å². The number of fused-ring (bicyclic) bond motifs is 1. The first-order valence-corrected chi connectivity index (χ1v) is 7.64. The molecule has 1 atom stereocenters. The lowest BCUT2D eigenvalue weighted by atomic mass is 9.99. The number of benzene rings is 1. The quantitative estimate of drug-likeness (QED) is 0.501. The molecule has 0 fully saturated rings. The molecule has 0 aliphatic rings. The Morgan fingerprint density at radius 2 is 2.10 bits per heavy atom. The molecule has 104 valence electrons. The molecule has 5 heteroatoms. The van der Waals surface area contributed by atoms with Gasteiger partial charge in [0.2, 0.25) is 0 Å². The van der Waals surface area contributed by atoms with Crippen LogP contribution in [-0.4, -0.2) is 21.3 Å². The molecule has 0 bridgehead atoms. The zero-order valence-corrected chi connectivity index (χ0v) is 12.4. The number of rotatable bonds is 6. The number of nitriles is 1. The van der Waals surface area contributed by atoms with Gasteiger partial charge < -0.3 is 5.73 Å². The Hall–Kier alpha value is -1.64. The summed E-state index contributed by atoms with van der Waals surface area (Å²) < 4.78 is 0. The fourth-order valence-electron chi connectivity index (χ4n) is 1.91. The summed E-state index contributed by atoms with van der Waals surface area (Å²) in [6.07, 6.45) is 4.32. The van der Waals surface area contributed by atoms with Crippen LogP contribution in [0.3, 0.4) is 0 Å². The second kappa shape index (κ2) is 6.69. The van der Waals surface area contributed by atoms with Crippen LogP contribution in [0.15, 0.2) is 35.6 Å². The maximum Gasteiger partial charge on any atom is 0.117 e. The summed E-state index contributed by atoms with van der Waals surface area (Å²) in [4.78, 5) is 8.60. The first-order chi connectivity index (χ1) is 9.62. The van der Waals surface area contributed by atoms with Gasteiger partial charge in [0.05, 0.1) is 11.6 Å². The second-order valence-corrected chi connectivity index (χ2v) is 6.11. The van der Waals surface area contributed by atoms with Crippen molar-refractivity contribution in [2.24, 2.45) is 5.73 Å². The average molecular weight is 286 g/mol. The Balaban J connectivity index is 1.86. The number of aromatic nitrogens is 2. The first-order valence-electron chi connectivity index (χ1n) is 6.65. The Morgan fingerprint density at radius 1 is 1.30 bits per heavy atom. The highest BCUT2D eigenvalue weighted by Crippen LogP contribution is 2.25. The minimum absolute atomic E-state index is 0.702. The lowest BCUT2D eigenvalue weighted by Crippen LogP contribution is -2.33. The molecule has 1 aromatic carbocycles. The van der Waals surface area contributed by atoms with Gasteiger partial charge in [-0.25, -0.2) is 9.97 Å². The molecule has 1 aromatic heterocycles. The normalized spacial score (nSPS) is 13.8. The number of thioether (sulfide) groups is 1. The van der Waals surface area contributed by atoms with Crippen LogP contribution < -0.4 is 5.73 Å². The molecular weight excluding hydrogens is 268 g/mol. The largest absolute Gasteiger partial charge is 0.314 e. The summed E-state index contributed by atoms with van der Waals surface area (Å²) in [6, 6.07) is 10.1. The summed E-state index contributed by atoms with van der Waals surface area (Å²) >= 11 is 1.73. The average Bonchev–Trinajstić information content (AvgIpc) is 2.47. The van der Waals surface area contributed by atoms with Crippen molar-refractivity contribution in [2.75, 3.05) is 5.75 Å². The molecule has 0 amide bonds. The van der Waals surface area contributed by atoms with E-state index in [1.165, 1.54) is 0 Å². The van der Waals surface area contributed by atoms with Crippen molar-refractivity contribution < 1.29 is 0 Å². The summed E-state index contributed by atoms with van der Waals surface area (Å²) in [7, 11) is 0. The van der Waals surface area contributed by atoms with E-state index in [-0.39, 0.29) is 0 Å². The van der Waals surface area contributed by atoms with E-state index in [0.717, 1.165) is 40.9 Å². The van der Waals surface area contributed by atoms with Crippen molar-refractivity contribution in [1.82, 2.24) is 9.97 Å². The number of nitrogens with two attached hydrogens (primary N) is 1. The van der Waals surface area contributed by atoms with Crippen molar-refractivity contribution in [3.05, 3.63) is 30.6 Å². The molecule has 0 saturated heterocycles. The number of hydrogen-bond acceptors (Lipinski definition) is 5. The molecule has 1 heterocycles. The Labute approximate surface area is 123 Å². The standard InChI is InChI=1S/C15H18N4S/c1-15(17,10-16)8-4-5-9-20-14-12-6-2-3-7-13(12)18-11-19-14/h2-3,6-7,11H,4-5,8-9,17H2,1H3. The molecule has 2 N–H and O–H groups in total. The van der Waals surface area contributed by atoms with Gasteiger partial charge in [0.1, 0.15) is 16.9 Å². The smallest absolute Gasteiger partial charge is 0.117 e. The van der Waals surface area contributed by atoms with E-state index < -0.39 is 5.54 Å². The first kappa shape index (κ1) is 14.8. The van der Waals surface area contributed by atoms with Crippen LogP contribution in [0, 0.1) is 11.3 Å². The van der Waals surface area contributed by atoms with Crippen molar-refractivity contribution in [1.29, 1.82) is 5.26 Å². The Kier molecular flexibility index (Phi) is 4.94. The fraction of sp³-hybridized carbons (Fsp3) is 0.400. The van der Waals surface area contributed by atoms with Crippen LogP contribution in [0.4, 0.5) is 0 Å². The Morgan fingerprint density at radius 3 is 2.90 bits per heavy atom. The van der Waals surface area contributed by atoms with Gasteiger partial charge in [-0.15, -0.1) is 11.8 Å². The summed E-state index contributed by atoms with van der Waals surface area (Å²) in [6.45, 7) is 1.78. The highest BCUT2D eigenvalue weighted by Gasteiger charge is 2.15. The fourth-order valence-corrected chi connectivity index (χ4v) is 2.91. The molecular formula is C15H18N4S. The molecule has 4 nitrogen and oxygen atoms in total. The highest BCUT2D eigenvalue weighted by molar-refractivity contribution is 7.99. The number of hydrogen-bond donors (Lipinski definition) is 1. The predicted molar refractivity (Wildman–Crippen MR) is 82.3 cm³/mol. The third kappa shape index (κ3) is 3.92. The van der Waals surface area contributed by atoms with Crippen LogP contribution in [0.2, 0.25) is 0 Å². The maximum absolute atomic E-state index is 8.85. The van der Waals surface area contributed by atoms with Crippen LogP contribution >= 0.6 is 11.8 Å². The van der Waals surface area contributed by atoms with Crippen molar-refractivity contribution in [3.8, 4) is 6.07 Å². The third-order valence-corrected chi connectivity index (χ3v) is 4.18. The van der Waals surface area contributed by atoms with E-state index in [1.807, 2.05) is 24.3 Å². The van der Waals surface area contributed by atoms with Gasteiger partial charge >= 0.3 is 0 Å². The van der Waals surface area contributed by atoms with E-state index in [0.29, 0.717) is 0 Å². The van der Waals surface area contributed by atoms with Gasteiger partial charge in [0.25, 0.3) is 0 Å². The zero-order chi connectivity index (χ0) is 14.4. The van der Waals surface area contributed by atoms with Gasteiger partial charge in [-0.05, 0) is 38.0 Å². The van der Waals surface area contributed by atoms with Crippen LogP contribution in [0.25, 0.3) is 10.9 Å². The van der Waals surface area contributed by atoms with E-state index in [4.69, 9.17) is 11.0 Å². The van der Waals surface area contributed by atoms with Gasteiger partial charge in [-0.3, -0.25) is 0 Å². The Bertz CT molecular complexity index is 613. The summed E-state index contributed by atoms with van der Waals surface area (Å²) in [5.41, 5.74) is 6.07. The maximum atomic E-state index is 8.85. The number of nitrogens with zero attached hydrogens (tertiary/aromatic N) is 3. The molecule has 20 heavy (non-hydrogen) atoms. The van der Waals surface area contributed by atoms with Gasteiger partial charge in [0, 0.05) is 5.39 Å². The van der Waals surface area contributed by atoms with Crippen molar-refractivity contribution in [3.63, 3.8) is 0 Å². The molecule has 0 aliphatic heterocycles. The van der Waals surface area contributed by atoms with Crippen LogP contribution in [-0.2, 0) is 0 Å². The second-order valence-electron chi connectivity index (χ2n) is 5.03. The molecule has 1 unspecified atom stereocenters. The molecule has 0 spiro atoms. The van der Waals surface area contributed by atoms with Crippen molar-refractivity contribution in [2.45, 2.75) is 36.8 Å². The SMILES string of the molecule is CC(N)(C#N)CCCCSc1ncnc2ccccc12. The monoisotopic (exact) mass is 286 g/mol. The molecule has 2 aromatic rings. The number of unbranched alkanes of at least 4 members (excludes halogenated alkanes) is 1. The van der Waals surface area contributed by atoms with E-state index >= 15 is 0 Å². The van der Waals surface area contributed by atoms with Gasteiger partial charge in [-0.2, -0.15) is 5.26 Å². The van der Waals surface area contributed by atoms with Gasteiger partial charge in [0.15, 0.2) is 0 Å². The highest BCUT2D eigenvalue weighted by atomic mass is 32.2.